The molecule has 0 saturated carbocycles. The Bertz CT molecular complexity index is 500. The van der Waals surface area contributed by atoms with Crippen molar-refractivity contribution in [3.8, 4) is 5.75 Å². The number of aliphatic hydroxyl groups excluding tert-OH is 1. The molecule has 0 saturated heterocycles. The Hall–Kier alpha value is -2.08. The summed E-state index contributed by atoms with van der Waals surface area (Å²) < 4.78 is 5.34. The van der Waals surface area contributed by atoms with E-state index in [0.29, 0.717) is 12.2 Å². The molecule has 19 heavy (non-hydrogen) atoms. The number of amides is 1. The van der Waals surface area contributed by atoms with Gasteiger partial charge >= 0.3 is 5.97 Å². The van der Waals surface area contributed by atoms with Crippen LogP contribution < -0.4 is 10.1 Å². The highest BCUT2D eigenvalue weighted by atomic mass is 16.5. The zero-order valence-electron chi connectivity index (χ0n) is 10.3. The zero-order chi connectivity index (χ0) is 13.8. The number of carboxylic acid groups (broad SMARTS) is 1. The largest absolute Gasteiger partial charge is 0.493 e. The van der Waals surface area contributed by atoms with Crippen molar-refractivity contribution in [2.45, 2.75) is 18.9 Å². The van der Waals surface area contributed by atoms with Gasteiger partial charge in [-0.05, 0) is 23.8 Å². The lowest BCUT2D eigenvalue weighted by atomic mass is 10.1. The van der Waals surface area contributed by atoms with Crippen LogP contribution in [0.3, 0.4) is 0 Å². The van der Waals surface area contributed by atoms with Crippen LogP contribution in [0, 0.1) is 0 Å². The maximum atomic E-state index is 11.8. The minimum Gasteiger partial charge on any atom is -0.493 e. The van der Waals surface area contributed by atoms with Crippen molar-refractivity contribution in [1.29, 1.82) is 0 Å². The van der Waals surface area contributed by atoms with Crippen LogP contribution in [0.25, 0.3) is 0 Å². The van der Waals surface area contributed by atoms with Crippen molar-refractivity contribution in [3.63, 3.8) is 0 Å². The fourth-order valence-electron chi connectivity index (χ4n) is 1.88. The van der Waals surface area contributed by atoms with Gasteiger partial charge in [0.25, 0.3) is 5.91 Å². The Morgan fingerprint density at radius 2 is 2.21 bits per heavy atom. The van der Waals surface area contributed by atoms with Crippen LogP contribution >= 0.6 is 0 Å². The van der Waals surface area contributed by atoms with Gasteiger partial charge in [-0.25, -0.2) is 4.79 Å². The third kappa shape index (κ3) is 3.23. The van der Waals surface area contributed by atoms with Gasteiger partial charge in [-0.15, -0.1) is 0 Å². The lowest BCUT2D eigenvalue weighted by Crippen LogP contribution is -2.30. The summed E-state index contributed by atoms with van der Waals surface area (Å²) in [6.45, 7) is 0.741. The summed E-state index contributed by atoms with van der Waals surface area (Å²) in [6, 6.07) is 5.18. The molecule has 1 heterocycles. The molecule has 0 bridgehead atoms. The van der Waals surface area contributed by atoms with Crippen LogP contribution in [0.15, 0.2) is 18.2 Å². The quantitative estimate of drug-likeness (QED) is 0.706. The number of ether oxygens (including phenoxy) is 1. The van der Waals surface area contributed by atoms with E-state index in [-0.39, 0.29) is 18.9 Å². The number of aliphatic carboxylic acids is 1. The van der Waals surface area contributed by atoms with Crippen molar-refractivity contribution in [2.24, 2.45) is 0 Å². The van der Waals surface area contributed by atoms with Gasteiger partial charge in [-0.3, -0.25) is 4.79 Å². The average Bonchev–Trinajstić information content (AvgIpc) is 2.85. The molecule has 102 valence electrons. The first kappa shape index (κ1) is 13.4. The van der Waals surface area contributed by atoms with Crippen LogP contribution in [-0.2, 0) is 11.2 Å². The van der Waals surface area contributed by atoms with Gasteiger partial charge in [0.05, 0.1) is 6.61 Å². The van der Waals surface area contributed by atoms with E-state index in [2.05, 4.69) is 5.32 Å². The van der Waals surface area contributed by atoms with Crippen molar-refractivity contribution < 1.29 is 24.5 Å². The molecular weight excluding hydrogens is 250 g/mol. The fraction of sp³-hybridized carbons (Fsp3) is 0.385. The van der Waals surface area contributed by atoms with E-state index in [1.54, 1.807) is 18.2 Å². The molecule has 1 amide bonds. The van der Waals surface area contributed by atoms with Crippen LogP contribution in [0.2, 0.25) is 0 Å². The highest BCUT2D eigenvalue weighted by Gasteiger charge is 2.16. The van der Waals surface area contributed by atoms with Crippen LogP contribution in [0.5, 0.6) is 5.75 Å². The second-order valence-electron chi connectivity index (χ2n) is 4.32. The third-order valence-corrected chi connectivity index (χ3v) is 2.94. The van der Waals surface area contributed by atoms with E-state index < -0.39 is 12.1 Å². The van der Waals surface area contributed by atoms with E-state index in [0.717, 1.165) is 17.7 Å². The lowest BCUT2D eigenvalue weighted by Gasteiger charge is -2.08. The van der Waals surface area contributed by atoms with E-state index in [4.69, 9.17) is 14.9 Å². The average molecular weight is 265 g/mol. The number of hydrogen-bond acceptors (Lipinski definition) is 4. The predicted molar refractivity (Wildman–Crippen MR) is 66.2 cm³/mol. The van der Waals surface area contributed by atoms with Gasteiger partial charge in [-0.2, -0.15) is 0 Å². The molecule has 0 radical (unpaired) electrons. The molecule has 1 atom stereocenters. The molecule has 0 aromatic heterocycles. The number of aliphatic hydroxyl groups is 1. The Labute approximate surface area is 110 Å². The molecule has 0 spiro atoms. The topological polar surface area (TPSA) is 95.9 Å². The standard InChI is InChI=1S/C13H15NO5/c15-10(13(17)18)3-5-14-12(16)9-1-2-11-8(7-9)4-6-19-11/h1-2,7,10,15H,3-6H2,(H,14,16)(H,17,18). The Morgan fingerprint density at radius 3 is 2.95 bits per heavy atom. The summed E-state index contributed by atoms with van der Waals surface area (Å²) in [6.07, 6.45) is -0.683. The molecule has 2 rings (SSSR count). The van der Waals surface area contributed by atoms with Crippen LogP contribution in [0.1, 0.15) is 22.3 Å². The maximum absolute atomic E-state index is 11.8. The van der Waals surface area contributed by atoms with Crippen LogP contribution in [0.4, 0.5) is 0 Å². The fourth-order valence-corrected chi connectivity index (χ4v) is 1.88. The summed E-state index contributed by atoms with van der Waals surface area (Å²) in [5.74, 6) is -0.769. The van der Waals surface area contributed by atoms with E-state index in [9.17, 15) is 9.59 Å². The van der Waals surface area contributed by atoms with E-state index in [1.807, 2.05) is 0 Å². The molecule has 0 aliphatic carbocycles. The predicted octanol–water partition coefficient (Wildman–Crippen LogP) is 0.187. The molecule has 1 aliphatic heterocycles. The summed E-state index contributed by atoms with van der Waals surface area (Å²) in [7, 11) is 0. The lowest BCUT2D eigenvalue weighted by molar-refractivity contribution is -0.146. The first-order valence-electron chi connectivity index (χ1n) is 6.02. The number of rotatable bonds is 5. The van der Waals surface area contributed by atoms with Crippen LogP contribution in [-0.4, -0.2) is 41.3 Å². The number of carboxylic acids is 1. The second-order valence-corrected chi connectivity index (χ2v) is 4.32. The van der Waals surface area contributed by atoms with E-state index >= 15 is 0 Å². The van der Waals surface area contributed by atoms with Crippen molar-refractivity contribution in [3.05, 3.63) is 29.3 Å². The normalized spacial score (nSPS) is 14.4. The molecule has 6 heteroatoms. The number of fused-ring (bicyclic) bond motifs is 1. The summed E-state index contributed by atoms with van der Waals surface area (Å²) >= 11 is 0. The zero-order valence-corrected chi connectivity index (χ0v) is 10.3. The number of nitrogens with one attached hydrogen (secondary N) is 1. The molecule has 6 nitrogen and oxygen atoms in total. The van der Waals surface area contributed by atoms with Crippen molar-refractivity contribution >= 4 is 11.9 Å². The molecule has 0 fully saturated rings. The number of benzene rings is 1. The summed E-state index contributed by atoms with van der Waals surface area (Å²) in [4.78, 5) is 22.2. The van der Waals surface area contributed by atoms with Gasteiger partial charge in [0.2, 0.25) is 0 Å². The maximum Gasteiger partial charge on any atom is 0.332 e. The van der Waals surface area contributed by atoms with Gasteiger partial charge in [-0.1, -0.05) is 0 Å². The summed E-state index contributed by atoms with van der Waals surface area (Å²) in [5, 5.41) is 20.1. The van der Waals surface area contributed by atoms with E-state index in [1.165, 1.54) is 0 Å². The van der Waals surface area contributed by atoms with Gasteiger partial charge in [0.15, 0.2) is 6.10 Å². The third-order valence-electron chi connectivity index (χ3n) is 2.94. The molecule has 1 aliphatic rings. The molecule has 1 unspecified atom stereocenters. The number of hydrogen-bond donors (Lipinski definition) is 3. The van der Waals surface area contributed by atoms with Gasteiger partial charge in [0.1, 0.15) is 5.75 Å². The molecule has 1 aromatic carbocycles. The monoisotopic (exact) mass is 265 g/mol. The molecule has 1 aromatic rings. The van der Waals surface area contributed by atoms with Crippen molar-refractivity contribution in [2.75, 3.05) is 13.2 Å². The smallest absolute Gasteiger partial charge is 0.332 e. The first-order chi connectivity index (χ1) is 9.08. The number of carbonyl (C=O) groups excluding carboxylic acids is 1. The molecule has 3 N–H and O–H groups in total. The minimum atomic E-state index is -1.45. The number of carbonyl (C=O) groups is 2. The highest BCUT2D eigenvalue weighted by Crippen LogP contribution is 2.25. The Balaban J connectivity index is 1.88. The summed E-state index contributed by atoms with van der Waals surface area (Å²) in [5.41, 5.74) is 1.51. The van der Waals surface area contributed by atoms with Gasteiger partial charge in [0, 0.05) is 24.9 Å². The minimum absolute atomic E-state index is 0.0187. The van der Waals surface area contributed by atoms with Gasteiger partial charge < -0.3 is 20.3 Å². The highest BCUT2D eigenvalue weighted by molar-refractivity contribution is 5.94. The second kappa shape index (κ2) is 5.71. The Kier molecular flexibility index (Phi) is 4.01. The SMILES string of the molecule is O=C(NCCC(O)C(=O)O)c1ccc2c(c1)CCO2. The first-order valence-corrected chi connectivity index (χ1v) is 6.02. The Morgan fingerprint density at radius 1 is 1.42 bits per heavy atom. The molecular formula is C13H15NO5. The van der Waals surface area contributed by atoms with Crippen molar-refractivity contribution in [1.82, 2.24) is 5.32 Å².